The smallest absolute Gasteiger partial charge is 0.317 e. The third-order valence-corrected chi connectivity index (χ3v) is 3.14. The number of rotatable bonds is 2. The fraction of sp³-hybridized carbons (Fsp3) is 0.636. The number of nitrogens with zero attached hydrogens (tertiary/aromatic N) is 3. The van der Waals surface area contributed by atoms with Crippen LogP contribution >= 0.6 is 0 Å². The molecular formula is C11H19N5O. The molecule has 6 nitrogen and oxygen atoms in total. The second-order valence-electron chi connectivity index (χ2n) is 4.39. The van der Waals surface area contributed by atoms with Gasteiger partial charge in [-0.1, -0.05) is 0 Å². The van der Waals surface area contributed by atoms with E-state index in [-0.39, 0.29) is 6.03 Å². The highest BCUT2D eigenvalue weighted by Gasteiger charge is 2.16. The summed E-state index contributed by atoms with van der Waals surface area (Å²) in [5.74, 6) is 0.601. The van der Waals surface area contributed by atoms with Gasteiger partial charge in [-0.25, -0.2) is 4.79 Å². The molecule has 0 bridgehead atoms. The third kappa shape index (κ3) is 2.69. The molecule has 6 heteroatoms. The monoisotopic (exact) mass is 237 g/mol. The Morgan fingerprint density at radius 1 is 1.47 bits per heavy atom. The minimum Gasteiger partial charge on any atom is -0.384 e. The lowest BCUT2D eigenvalue weighted by atomic mass is 10.1. The quantitative estimate of drug-likeness (QED) is 0.795. The van der Waals surface area contributed by atoms with E-state index in [0.717, 1.165) is 31.5 Å². The summed E-state index contributed by atoms with van der Waals surface area (Å²) < 4.78 is 1.60. The lowest BCUT2D eigenvalue weighted by Crippen LogP contribution is -2.42. The molecule has 1 aromatic heterocycles. The van der Waals surface area contributed by atoms with Crippen LogP contribution in [0.25, 0.3) is 0 Å². The zero-order valence-electron chi connectivity index (χ0n) is 10.1. The van der Waals surface area contributed by atoms with E-state index >= 15 is 0 Å². The fourth-order valence-corrected chi connectivity index (χ4v) is 2.01. The minimum atomic E-state index is -0.00652. The molecule has 0 aromatic carbocycles. The second-order valence-corrected chi connectivity index (χ2v) is 4.39. The van der Waals surface area contributed by atoms with Crippen molar-refractivity contribution in [3.8, 4) is 0 Å². The maximum atomic E-state index is 11.8. The first-order valence-corrected chi connectivity index (χ1v) is 5.97. The van der Waals surface area contributed by atoms with Crippen LogP contribution in [0.4, 0.5) is 10.6 Å². The summed E-state index contributed by atoms with van der Waals surface area (Å²) in [7, 11) is 1.78. The summed E-state index contributed by atoms with van der Waals surface area (Å²) in [6.45, 7) is 2.15. The number of nitrogens with two attached hydrogens (primary N) is 1. The molecule has 1 saturated heterocycles. The van der Waals surface area contributed by atoms with Crippen molar-refractivity contribution in [1.29, 1.82) is 0 Å². The fourth-order valence-electron chi connectivity index (χ4n) is 2.01. The number of carbonyl (C=O) groups is 1. The number of piperidine rings is 1. The number of urea groups is 1. The van der Waals surface area contributed by atoms with Crippen LogP contribution in [0.5, 0.6) is 0 Å². The van der Waals surface area contributed by atoms with Crippen molar-refractivity contribution in [2.45, 2.75) is 25.8 Å². The van der Waals surface area contributed by atoms with Crippen LogP contribution in [0.15, 0.2) is 6.20 Å². The summed E-state index contributed by atoms with van der Waals surface area (Å²) in [6.07, 6.45) is 5.11. The Balaban J connectivity index is 1.85. The van der Waals surface area contributed by atoms with Crippen molar-refractivity contribution < 1.29 is 4.79 Å². The molecule has 3 N–H and O–H groups in total. The Labute approximate surface area is 101 Å². The van der Waals surface area contributed by atoms with E-state index < -0.39 is 0 Å². The number of aryl methyl sites for hydroxylation is 1. The summed E-state index contributed by atoms with van der Waals surface area (Å²) in [6, 6.07) is -0.00652. The average Bonchev–Trinajstić information content (AvgIpc) is 2.68. The van der Waals surface area contributed by atoms with Crippen LogP contribution in [0, 0.1) is 0 Å². The highest BCUT2D eigenvalue weighted by atomic mass is 16.2. The molecule has 1 aliphatic rings. The molecular weight excluding hydrogens is 218 g/mol. The van der Waals surface area contributed by atoms with Gasteiger partial charge in [0.15, 0.2) is 0 Å². The Kier molecular flexibility index (Phi) is 3.51. The molecule has 1 fully saturated rings. The van der Waals surface area contributed by atoms with Crippen molar-refractivity contribution in [2.24, 2.45) is 7.05 Å². The van der Waals surface area contributed by atoms with Gasteiger partial charge in [-0.3, -0.25) is 4.68 Å². The minimum absolute atomic E-state index is 0.00652. The normalized spacial score (nSPS) is 15.9. The molecule has 1 aliphatic heterocycles. The summed E-state index contributed by atoms with van der Waals surface area (Å²) in [5.41, 5.74) is 6.66. The Hall–Kier alpha value is -1.72. The zero-order valence-corrected chi connectivity index (χ0v) is 10.1. The number of aromatic nitrogens is 2. The van der Waals surface area contributed by atoms with Gasteiger partial charge in [0.1, 0.15) is 5.82 Å². The lowest BCUT2D eigenvalue weighted by Gasteiger charge is -2.26. The predicted molar refractivity (Wildman–Crippen MR) is 65.3 cm³/mol. The van der Waals surface area contributed by atoms with Crippen molar-refractivity contribution in [3.05, 3.63) is 11.8 Å². The standard InChI is InChI=1S/C11H19N5O/c1-15-10(12)9(8-14-15)7-13-11(17)16-5-3-2-4-6-16/h8H,2-7,12H2,1H3,(H,13,17). The topological polar surface area (TPSA) is 76.2 Å². The first-order valence-electron chi connectivity index (χ1n) is 5.97. The molecule has 0 atom stereocenters. The van der Waals surface area contributed by atoms with Gasteiger partial charge >= 0.3 is 6.03 Å². The Bertz CT molecular complexity index is 395. The van der Waals surface area contributed by atoms with Gasteiger partial charge in [0.25, 0.3) is 0 Å². The highest BCUT2D eigenvalue weighted by molar-refractivity contribution is 5.74. The van der Waals surface area contributed by atoms with Gasteiger partial charge in [-0.15, -0.1) is 0 Å². The first kappa shape index (κ1) is 11.8. The largest absolute Gasteiger partial charge is 0.384 e. The third-order valence-electron chi connectivity index (χ3n) is 3.14. The number of amides is 2. The number of hydrogen-bond donors (Lipinski definition) is 2. The average molecular weight is 237 g/mol. The van der Waals surface area contributed by atoms with Crippen LogP contribution in [0.2, 0.25) is 0 Å². The molecule has 2 amide bonds. The highest BCUT2D eigenvalue weighted by Crippen LogP contribution is 2.11. The lowest BCUT2D eigenvalue weighted by molar-refractivity contribution is 0.186. The van der Waals surface area contributed by atoms with Gasteiger partial charge in [-0.05, 0) is 19.3 Å². The van der Waals surface area contributed by atoms with Gasteiger partial charge in [0, 0.05) is 32.2 Å². The van der Waals surface area contributed by atoms with Gasteiger partial charge in [0.2, 0.25) is 0 Å². The molecule has 2 rings (SSSR count). The molecule has 94 valence electrons. The number of carbonyl (C=O) groups excluding carboxylic acids is 1. The van der Waals surface area contributed by atoms with Gasteiger partial charge < -0.3 is 16.0 Å². The number of hydrogen-bond acceptors (Lipinski definition) is 3. The molecule has 0 unspecified atom stereocenters. The number of anilines is 1. The summed E-state index contributed by atoms with van der Waals surface area (Å²) >= 11 is 0. The van der Waals surface area contributed by atoms with Crippen LogP contribution < -0.4 is 11.1 Å². The number of nitrogen functional groups attached to an aromatic ring is 1. The van der Waals surface area contributed by atoms with E-state index in [1.165, 1.54) is 6.42 Å². The predicted octanol–water partition coefficient (Wildman–Crippen LogP) is 0.698. The van der Waals surface area contributed by atoms with Crippen molar-refractivity contribution in [1.82, 2.24) is 20.0 Å². The van der Waals surface area contributed by atoms with E-state index in [9.17, 15) is 4.79 Å². The van der Waals surface area contributed by atoms with E-state index in [1.807, 2.05) is 4.90 Å². The van der Waals surface area contributed by atoms with E-state index in [0.29, 0.717) is 12.4 Å². The zero-order chi connectivity index (χ0) is 12.3. The molecule has 0 radical (unpaired) electrons. The van der Waals surface area contributed by atoms with Crippen LogP contribution in [-0.2, 0) is 13.6 Å². The van der Waals surface area contributed by atoms with E-state index in [4.69, 9.17) is 5.73 Å². The van der Waals surface area contributed by atoms with Crippen LogP contribution in [0.1, 0.15) is 24.8 Å². The second kappa shape index (κ2) is 5.07. The van der Waals surface area contributed by atoms with Gasteiger partial charge in [0.05, 0.1) is 6.20 Å². The molecule has 0 aliphatic carbocycles. The van der Waals surface area contributed by atoms with Crippen molar-refractivity contribution in [3.63, 3.8) is 0 Å². The summed E-state index contributed by atoms with van der Waals surface area (Å²) in [4.78, 5) is 13.7. The van der Waals surface area contributed by atoms with Crippen molar-refractivity contribution in [2.75, 3.05) is 18.8 Å². The van der Waals surface area contributed by atoms with Crippen LogP contribution in [0.3, 0.4) is 0 Å². The first-order chi connectivity index (χ1) is 8.18. The van der Waals surface area contributed by atoms with Gasteiger partial charge in [-0.2, -0.15) is 5.10 Å². The summed E-state index contributed by atoms with van der Waals surface area (Å²) in [5, 5.41) is 6.91. The maximum Gasteiger partial charge on any atom is 0.317 e. The molecule has 0 spiro atoms. The SMILES string of the molecule is Cn1ncc(CNC(=O)N2CCCCC2)c1N. The Morgan fingerprint density at radius 3 is 2.76 bits per heavy atom. The van der Waals surface area contributed by atoms with Crippen molar-refractivity contribution >= 4 is 11.8 Å². The molecule has 0 saturated carbocycles. The Morgan fingerprint density at radius 2 is 2.18 bits per heavy atom. The van der Waals surface area contributed by atoms with Crippen LogP contribution in [-0.4, -0.2) is 33.8 Å². The number of likely N-dealkylation sites (tertiary alicyclic amines) is 1. The van der Waals surface area contributed by atoms with E-state index in [1.54, 1.807) is 17.9 Å². The molecule has 1 aromatic rings. The molecule has 17 heavy (non-hydrogen) atoms. The van der Waals surface area contributed by atoms with E-state index in [2.05, 4.69) is 10.4 Å². The number of nitrogens with one attached hydrogen (secondary N) is 1. The molecule has 2 heterocycles. The maximum absolute atomic E-state index is 11.8.